The Labute approximate surface area is 88.7 Å². The summed E-state index contributed by atoms with van der Waals surface area (Å²) in [6.45, 7) is 7.31. The predicted octanol–water partition coefficient (Wildman–Crippen LogP) is 2.47. The first-order valence-corrected chi connectivity index (χ1v) is 5.35. The highest BCUT2D eigenvalue weighted by Gasteiger charge is 2.10. The molecule has 1 N–H and O–H groups in total. The quantitative estimate of drug-likeness (QED) is 0.801. The van der Waals surface area contributed by atoms with Crippen molar-refractivity contribution in [1.82, 2.24) is 9.55 Å². The molecule has 0 aromatic carbocycles. The van der Waals surface area contributed by atoms with E-state index in [4.69, 9.17) is 0 Å². The highest BCUT2D eigenvalue weighted by molar-refractivity contribution is 5.80. The Kier molecular flexibility index (Phi) is 2.39. The van der Waals surface area contributed by atoms with E-state index in [9.17, 15) is 4.79 Å². The van der Waals surface area contributed by atoms with E-state index in [-0.39, 0.29) is 5.56 Å². The smallest absolute Gasteiger partial charge is 0.248 e. The average molecular weight is 204 g/mol. The number of aromatic amines is 1. The second-order valence-electron chi connectivity index (χ2n) is 4.11. The van der Waals surface area contributed by atoms with Crippen LogP contribution in [0.5, 0.6) is 0 Å². The van der Waals surface area contributed by atoms with Gasteiger partial charge in [-0.3, -0.25) is 4.79 Å². The Bertz CT molecular complexity index is 534. The van der Waals surface area contributed by atoms with Crippen LogP contribution in [0.2, 0.25) is 0 Å². The number of fused-ring (bicyclic) bond motifs is 1. The van der Waals surface area contributed by atoms with Crippen LogP contribution in [0.4, 0.5) is 0 Å². The molecule has 0 atom stereocenters. The molecule has 0 saturated heterocycles. The van der Waals surface area contributed by atoms with E-state index >= 15 is 0 Å². The molecule has 2 rings (SSSR count). The van der Waals surface area contributed by atoms with Gasteiger partial charge in [-0.15, -0.1) is 0 Å². The summed E-state index contributed by atoms with van der Waals surface area (Å²) in [6, 6.07) is 3.47. The maximum atomic E-state index is 11.3. The second kappa shape index (κ2) is 3.57. The summed E-state index contributed by atoms with van der Waals surface area (Å²) < 4.78 is 2.17. The summed E-state index contributed by atoms with van der Waals surface area (Å²) in [4.78, 5) is 14.2. The van der Waals surface area contributed by atoms with Gasteiger partial charge in [-0.25, -0.2) is 0 Å². The lowest BCUT2D eigenvalue weighted by atomic mass is 10.1. The van der Waals surface area contributed by atoms with Crippen LogP contribution in [0, 0.1) is 0 Å². The molecule has 2 aromatic rings. The van der Waals surface area contributed by atoms with Crippen LogP contribution in [-0.2, 0) is 6.54 Å². The lowest BCUT2D eigenvalue weighted by Crippen LogP contribution is -2.03. The number of rotatable bonds is 2. The Morgan fingerprint density at radius 2 is 2.13 bits per heavy atom. The van der Waals surface area contributed by atoms with E-state index in [0.29, 0.717) is 5.92 Å². The van der Waals surface area contributed by atoms with Crippen LogP contribution >= 0.6 is 0 Å². The first-order chi connectivity index (χ1) is 7.13. The molecular weight excluding hydrogens is 188 g/mol. The second-order valence-corrected chi connectivity index (χ2v) is 4.11. The van der Waals surface area contributed by atoms with Crippen LogP contribution in [0.15, 0.2) is 23.1 Å². The topological polar surface area (TPSA) is 37.8 Å². The van der Waals surface area contributed by atoms with Crippen molar-refractivity contribution in [3.8, 4) is 0 Å². The fraction of sp³-hybridized carbons (Fsp3) is 0.417. The largest absolute Gasteiger partial charge is 0.346 e. The number of nitrogens with one attached hydrogen (secondary N) is 1. The van der Waals surface area contributed by atoms with Gasteiger partial charge in [0.15, 0.2) is 0 Å². The summed E-state index contributed by atoms with van der Waals surface area (Å²) in [6.07, 6.45) is 2.13. The SMILES string of the molecule is CCn1cc(C(C)C)c2[nH]c(=O)ccc21. The van der Waals surface area contributed by atoms with E-state index in [1.54, 1.807) is 6.07 Å². The zero-order valence-corrected chi connectivity index (χ0v) is 9.37. The van der Waals surface area contributed by atoms with Crippen molar-refractivity contribution >= 4 is 11.0 Å². The van der Waals surface area contributed by atoms with E-state index in [1.807, 2.05) is 6.07 Å². The normalized spacial score (nSPS) is 11.5. The molecule has 0 aliphatic rings. The van der Waals surface area contributed by atoms with Crippen LogP contribution in [-0.4, -0.2) is 9.55 Å². The number of aryl methyl sites for hydroxylation is 1. The highest BCUT2D eigenvalue weighted by atomic mass is 16.1. The molecule has 0 unspecified atom stereocenters. The molecule has 0 fully saturated rings. The number of H-pyrrole nitrogens is 1. The lowest BCUT2D eigenvalue weighted by Gasteiger charge is -2.00. The Morgan fingerprint density at radius 3 is 2.73 bits per heavy atom. The third-order valence-corrected chi connectivity index (χ3v) is 2.75. The molecule has 0 aliphatic carbocycles. The van der Waals surface area contributed by atoms with E-state index in [2.05, 4.69) is 36.5 Å². The van der Waals surface area contributed by atoms with Gasteiger partial charge in [0.2, 0.25) is 5.56 Å². The summed E-state index contributed by atoms with van der Waals surface area (Å²) >= 11 is 0. The van der Waals surface area contributed by atoms with Crippen molar-refractivity contribution in [1.29, 1.82) is 0 Å². The van der Waals surface area contributed by atoms with Crippen molar-refractivity contribution in [2.24, 2.45) is 0 Å². The van der Waals surface area contributed by atoms with Crippen LogP contribution in [0.1, 0.15) is 32.3 Å². The number of nitrogens with zero attached hydrogens (tertiary/aromatic N) is 1. The van der Waals surface area contributed by atoms with Crippen molar-refractivity contribution in [2.45, 2.75) is 33.2 Å². The molecule has 15 heavy (non-hydrogen) atoms. The number of hydrogen-bond donors (Lipinski definition) is 1. The summed E-state index contributed by atoms with van der Waals surface area (Å²) in [5.41, 5.74) is 3.28. The minimum atomic E-state index is -0.0294. The zero-order valence-electron chi connectivity index (χ0n) is 9.37. The van der Waals surface area contributed by atoms with Gasteiger partial charge < -0.3 is 9.55 Å². The van der Waals surface area contributed by atoms with Crippen molar-refractivity contribution in [3.63, 3.8) is 0 Å². The van der Waals surface area contributed by atoms with Crippen molar-refractivity contribution < 1.29 is 0 Å². The van der Waals surface area contributed by atoms with Crippen molar-refractivity contribution in [3.05, 3.63) is 34.2 Å². The summed E-state index contributed by atoms with van der Waals surface area (Å²) in [5, 5.41) is 0. The molecule has 2 aromatic heterocycles. The van der Waals surface area contributed by atoms with Crippen LogP contribution < -0.4 is 5.56 Å². The lowest BCUT2D eigenvalue weighted by molar-refractivity contribution is 0.780. The van der Waals surface area contributed by atoms with Gasteiger partial charge in [0.25, 0.3) is 0 Å². The maximum Gasteiger partial charge on any atom is 0.248 e. The average Bonchev–Trinajstić information content (AvgIpc) is 2.55. The minimum absolute atomic E-state index is 0.0294. The molecule has 0 spiro atoms. The van der Waals surface area contributed by atoms with Gasteiger partial charge in [-0.05, 0) is 24.5 Å². The third-order valence-electron chi connectivity index (χ3n) is 2.75. The molecule has 2 heterocycles. The summed E-state index contributed by atoms with van der Waals surface area (Å²) in [7, 11) is 0. The van der Waals surface area contributed by atoms with Crippen LogP contribution in [0.3, 0.4) is 0 Å². The monoisotopic (exact) mass is 204 g/mol. The fourth-order valence-corrected chi connectivity index (χ4v) is 1.93. The van der Waals surface area contributed by atoms with E-state index in [1.165, 1.54) is 5.56 Å². The molecule has 0 saturated carbocycles. The van der Waals surface area contributed by atoms with Gasteiger partial charge >= 0.3 is 0 Å². The van der Waals surface area contributed by atoms with Gasteiger partial charge in [0, 0.05) is 18.8 Å². The molecule has 0 bridgehead atoms. The molecule has 0 radical (unpaired) electrons. The molecule has 0 aliphatic heterocycles. The summed E-state index contributed by atoms with van der Waals surface area (Å²) in [5.74, 6) is 0.429. The Balaban J connectivity index is 2.81. The van der Waals surface area contributed by atoms with Gasteiger partial charge in [-0.2, -0.15) is 0 Å². The highest BCUT2D eigenvalue weighted by Crippen LogP contribution is 2.24. The molecule has 80 valence electrons. The van der Waals surface area contributed by atoms with Crippen molar-refractivity contribution in [2.75, 3.05) is 0 Å². The molecule has 3 nitrogen and oxygen atoms in total. The molecule has 0 amide bonds. The number of aromatic nitrogens is 2. The maximum absolute atomic E-state index is 11.3. The predicted molar refractivity (Wildman–Crippen MR) is 62.3 cm³/mol. The molecule has 3 heteroatoms. The fourth-order valence-electron chi connectivity index (χ4n) is 1.93. The number of hydrogen-bond acceptors (Lipinski definition) is 1. The first-order valence-electron chi connectivity index (χ1n) is 5.35. The Hall–Kier alpha value is -1.51. The Morgan fingerprint density at radius 1 is 1.40 bits per heavy atom. The van der Waals surface area contributed by atoms with Gasteiger partial charge in [0.1, 0.15) is 0 Å². The van der Waals surface area contributed by atoms with E-state index in [0.717, 1.165) is 17.6 Å². The van der Waals surface area contributed by atoms with Gasteiger partial charge in [0.05, 0.1) is 11.0 Å². The minimum Gasteiger partial charge on any atom is -0.346 e. The van der Waals surface area contributed by atoms with Crippen LogP contribution in [0.25, 0.3) is 11.0 Å². The van der Waals surface area contributed by atoms with E-state index < -0.39 is 0 Å². The molecular formula is C12H16N2O. The third kappa shape index (κ3) is 1.58. The van der Waals surface area contributed by atoms with Gasteiger partial charge in [-0.1, -0.05) is 13.8 Å². The zero-order chi connectivity index (χ0) is 11.0. The standard InChI is InChI=1S/C12H16N2O/c1-4-14-7-9(8(2)3)12-10(14)5-6-11(15)13-12/h5-8H,4H2,1-3H3,(H,13,15). The first kappa shape index (κ1) is 10.0. The number of pyridine rings is 1.